The predicted octanol–water partition coefficient (Wildman–Crippen LogP) is 2.10. The van der Waals surface area contributed by atoms with Crippen LogP contribution in [0.1, 0.15) is 0 Å². The van der Waals surface area contributed by atoms with E-state index in [1.54, 1.807) is 0 Å². The molecule has 0 aromatic heterocycles. The number of carbonyl (C=O) groups is 1. The van der Waals surface area contributed by atoms with Crippen molar-refractivity contribution in [3.05, 3.63) is 28.5 Å². The van der Waals surface area contributed by atoms with E-state index in [2.05, 4.69) is 21.2 Å². The van der Waals surface area contributed by atoms with Gasteiger partial charge >= 0.3 is 5.97 Å². The van der Waals surface area contributed by atoms with E-state index < -0.39 is 17.8 Å². The fourth-order valence-electron chi connectivity index (χ4n) is 1.13. The first-order chi connectivity index (χ1) is 7.54. The molecule has 1 atom stereocenters. The summed E-state index contributed by atoms with van der Waals surface area (Å²) in [4.78, 5) is 10.8. The Morgan fingerprint density at radius 2 is 2.38 bits per heavy atom. The molecule has 0 saturated carbocycles. The van der Waals surface area contributed by atoms with Gasteiger partial charge in [0.1, 0.15) is 11.9 Å². The number of methoxy groups -OCH3 is 1. The first-order valence-corrected chi connectivity index (χ1v) is 5.27. The van der Waals surface area contributed by atoms with Crippen LogP contribution < -0.4 is 5.32 Å². The summed E-state index contributed by atoms with van der Waals surface area (Å²) in [5.41, 5.74) is 0.512. The largest absolute Gasteiger partial charge is 0.480 e. The Bertz CT molecular complexity index is 386. The molecule has 88 valence electrons. The minimum absolute atomic E-state index is 0.0321. The van der Waals surface area contributed by atoms with Gasteiger partial charge in [-0.2, -0.15) is 0 Å². The number of rotatable bonds is 5. The van der Waals surface area contributed by atoms with E-state index in [1.807, 2.05) is 0 Å². The second-order valence-corrected chi connectivity index (χ2v) is 3.97. The van der Waals surface area contributed by atoms with Crippen molar-refractivity contribution >= 4 is 27.6 Å². The Morgan fingerprint density at radius 1 is 1.69 bits per heavy atom. The van der Waals surface area contributed by atoms with Crippen LogP contribution in [0, 0.1) is 5.82 Å². The maximum absolute atomic E-state index is 12.9. The number of benzene rings is 1. The van der Waals surface area contributed by atoms with Gasteiger partial charge in [0, 0.05) is 12.8 Å². The molecule has 6 heteroatoms. The van der Waals surface area contributed by atoms with Gasteiger partial charge in [-0.25, -0.2) is 9.18 Å². The number of halogens is 2. The molecule has 0 aliphatic carbocycles. The lowest BCUT2D eigenvalue weighted by Crippen LogP contribution is -2.33. The molecule has 0 fully saturated rings. The van der Waals surface area contributed by atoms with Crippen LogP contribution in [-0.2, 0) is 9.53 Å². The number of carboxylic acid groups (broad SMARTS) is 1. The Hall–Kier alpha value is -1.14. The highest BCUT2D eigenvalue weighted by molar-refractivity contribution is 9.10. The molecule has 0 spiro atoms. The molecule has 0 bridgehead atoms. The summed E-state index contributed by atoms with van der Waals surface area (Å²) in [6.07, 6.45) is 0. The van der Waals surface area contributed by atoms with Crippen molar-refractivity contribution in [3.63, 3.8) is 0 Å². The molecule has 0 amide bonds. The lowest BCUT2D eigenvalue weighted by atomic mass is 10.2. The van der Waals surface area contributed by atoms with Crippen molar-refractivity contribution in [2.24, 2.45) is 0 Å². The highest BCUT2D eigenvalue weighted by atomic mass is 79.9. The van der Waals surface area contributed by atoms with Gasteiger partial charge in [0.2, 0.25) is 0 Å². The third-order valence-electron chi connectivity index (χ3n) is 1.89. The van der Waals surface area contributed by atoms with Crippen molar-refractivity contribution < 1.29 is 19.0 Å². The molecule has 1 aromatic rings. The van der Waals surface area contributed by atoms with Crippen molar-refractivity contribution in [1.82, 2.24) is 0 Å². The van der Waals surface area contributed by atoms with E-state index in [9.17, 15) is 9.18 Å². The second kappa shape index (κ2) is 5.81. The zero-order valence-corrected chi connectivity index (χ0v) is 10.1. The molecule has 4 nitrogen and oxygen atoms in total. The van der Waals surface area contributed by atoms with Crippen LogP contribution in [0.3, 0.4) is 0 Å². The SMILES string of the molecule is COCC(Nc1ccc(F)c(Br)c1)C(=O)O. The van der Waals surface area contributed by atoms with E-state index in [0.29, 0.717) is 5.69 Å². The standard InChI is InChI=1S/C10H11BrFNO3/c1-16-5-9(10(14)15)13-6-2-3-8(12)7(11)4-6/h2-4,9,13H,5H2,1H3,(H,14,15). The maximum Gasteiger partial charge on any atom is 0.328 e. The number of carboxylic acids is 1. The maximum atomic E-state index is 12.9. The fourth-order valence-corrected chi connectivity index (χ4v) is 1.51. The van der Waals surface area contributed by atoms with Crippen molar-refractivity contribution in [1.29, 1.82) is 0 Å². The number of hydrogen-bond acceptors (Lipinski definition) is 3. The number of nitrogens with one attached hydrogen (secondary N) is 1. The average Bonchev–Trinajstić information content (AvgIpc) is 2.22. The molecule has 1 unspecified atom stereocenters. The summed E-state index contributed by atoms with van der Waals surface area (Å²) in [7, 11) is 1.41. The minimum atomic E-state index is -1.03. The number of aliphatic carboxylic acids is 1. The Morgan fingerprint density at radius 3 is 2.88 bits per heavy atom. The van der Waals surface area contributed by atoms with Gasteiger partial charge in [-0.1, -0.05) is 0 Å². The summed E-state index contributed by atoms with van der Waals surface area (Å²) in [5.74, 6) is -1.42. The highest BCUT2D eigenvalue weighted by Crippen LogP contribution is 2.20. The molecule has 16 heavy (non-hydrogen) atoms. The van der Waals surface area contributed by atoms with Crippen LogP contribution in [0.15, 0.2) is 22.7 Å². The van der Waals surface area contributed by atoms with Crippen LogP contribution in [-0.4, -0.2) is 30.8 Å². The first kappa shape index (κ1) is 12.9. The zero-order chi connectivity index (χ0) is 12.1. The van der Waals surface area contributed by atoms with E-state index in [0.717, 1.165) is 0 Å². The Kier molecular flexibility index (Phi) is 4.70. The molecule has 0 radical (unpaired) electrons. The Balaban J connectivity index is 2.77. The molecular formula is C10H11BrFNO3. The van der Waals surface area contributed by atoms with Gasteiger partial charge in [0.15, 0.2) is 0 Å². The van der Waals surface area contributed by atoms with Gasteiger partial charge in [0.25, 0.3) is 0 Å². The lowest BCUT2D eigenvalue weighted by molar-refractivity contribution is -0.139. The first-order valence-electron chi connectivity index (χ1n) is 4.48. The summed E-state index contributed by atoms with van der Waals surface area (Å²) in [5, 5.41) is 11.6. The number of anilines is 1. The molecule has 0 heterocycles. The fraction of sp³-hybridized carbons (Fsp3) is 0.300. The summed E-state index contributed by atoms with van der Waals surface area (Å²) in [6.45, 7) is 0.0321. The van der Waals surface area contributed by atoms with Gasteiger partial charge < -0.3 is 15.2 Å². The lowest BCUT2D eigenvalue weighted by Gasteiger charge is -2.14. The molecule has 2 N–H and O–H groups in total. The predicted molar refractivity (Wildman–Crippen MR) is 61.0 cm³/mol. The van der Waals surface area contributed by atoms with Crippen LogP contribution in [0.4, 0.5) is 10.1 Å². The summed E-state index contributed by atoms with van der Waals surface area (Å²) >= 11 is 3.02. The van der Waals surface area contributed by atoms with Gasteiger partial charge in [-0.3, -0.25) is 0 Å². The van der Waals surface area contributed by atoms with Crippen LogP contribution in [0.25, 0.3) is 0 Å². The summed E-state index contributed by atoms with van der Waals surface area (Å²) < 4.78 is 18.0. The smallest absolute Gasteiger partial charge is 0.328 e. The quantitative estimate of drug-likeness (QED) is 0.872. The van der Waals surface area contributed by atoms with E-state index >= 15 is 0 Å². The van der Waals surface area contributed by atoms with Crippen LogP contribution >= 0.6 is 15.9 Å². The second-order valence-electron chi connectivity index (χ2n) is 3.12. The molecule has 0 saturated heterocycles. The van der Waals surface area contributed by atoms with Crippen LogP contribution in [0.5, 0.6) is 0 Å². The van der Waals surface area contributed by atoms with Crippen molar-refractivity contribution in [2.45, 2.75) is 6.04 Å². The van der Waals surface area contributed by atoms with Gasteiger partial charge in [-0.15, -0.1) is 0 Å². The van der Waals surface area contributed by atoms with Gasteiger partial charge in [-0.05, 0) is 34.1 Å². The molecule has 1 rings (SSSR count). The number of ether oxygens (including phenoxy) is 1. The van der Waals surface area contributed by atoms with E-state index in [1.165, 1.54) is 25.3 Å². The normalized spacial score (nSPS) is 12.2. The molecular weight excluding hydrogens is 281 g/mol. The molecule has 0 aliphatic heterocycles. The van der Waals surface area contributed by atoms with E-state index in [-0.39, 0.29) is 11.1 Å². The Labute approximate surface area is 101 Å². The molecule has 1 aromatic carbocycles. The van der Waals surface area contributed by atoms with Crippen molar-refractivity contribution in [3.8, 4) is 0 Å². The van der Waals surface area contributed by atoms with Crippen molar-refractivity contribution in [2.75, 3.05) is 19.0 Å². The average molecular weight is 292 g/mol. The minimum Gasteiger partial charge on any atom is -0.480 e. The van der Waals surface area contributed by atoms with Gasteiger partial charge in [0.05, 0.1) is 11.1 Å². The third kappa shape index (κ3) is 3.46. The highest BCUT2D eigenvalue weighted by Gasteiger charge is 2.16. The number of hydrogen-bond donors (Lipinski definition) is 2. The topological polar surface area (TPSA) is 58.6 Å². The van der Waals surface area contributed by atoms with Crippen LogP contribution in [0.2, 0.25) is 0 Å². The zero-order valence-electron chi connectivity index (χ0n) is 8.54. The molecule has 0 aliphatic rings. The monoisotopic (exact) mass is 291 g/mol. The third-order valence-corrected chi connectivity index (χ3v) is 2.50. The summed E-state index contributed by atoms with van der Waals surface area (Å²) in [6, 6.07) is 3.33. The van der Waals surface area contributed by atoms with E-state index in [4.69, 9.17) is 9.84 Å².